The van der Waals surface area contributed by atoms with Gasteiger partial charge >= 0.3 is 0 Å². The van der Waals surface area contributed by atoms with Gasteiger partial charge in [0.2, 0.25) is 0 Å². The maximum Gasteiger partial charge on any atom is 0.0946 e. The van der Waals surface area contributed by atoms with Crippen LogP contribution in [0.3, 0.4) is 0 Å². The highest BCUT2D eigenvalue weighted by Crippen LogP contribution is 2.16. The van der Waals surface area contributed by atoms with Gasteiger partial charge in [-0.25, -0.2) is 4.98 Å². The number of imidazole rings is 1. The first-order valence-corrected chi connectivity index (χ1v) is 6.14. The van der Waals surface area contributed by atoms with Crippen LogP contribution in [0.25, 0.3) is 0 Å². The number of nitrogens with zero attached hydrogens (tertiary/aromatic N) is 2. The first-order chi connectivity index (χ1) is 7.45. The zero-order valence-corrected chi connectivity index (χ0v) is 9.36. The predicted molar refractivity (Wildman–Crippen MR) is 61.7 cm³/mol. The lowest BCUT2D eigenvalue weighted by Crippen LogP contribution is -2.31. The zero-order chi connectivity index (χ0) is 10.3. The standard InChI is InChI=1S/C12H21N3/c1-2-4-6-12(5-3-1)14-8-10-15-9-7-13-11-15/h7,9,11-12,14H,1-6,8,10H2. The van der Waals surface area contributed by atoms with Gasteiger partial charge in [0.15, 0.2) is 0 Å². The van der Waals surface area contributed by atoms with Crippen LogP contribution < -0.4 is 5.32 Å². The molecule has 15 heavy (non-hydrogen) atoms. The second-order valence-corrected chi connectivity index (χ2v) is 4.44. The van der Waals surface area contributed by atoms with Crippen molar-refractivity contribution < 1.29 is 0 Å². The van der Waals surface area contributed by atoms with Crippen molar-refractivity contribution >= 4 is 0 Å². The first kappa shape index (κ1) is 10.7. The molecule has 1 saturated carbocycles. The van der Waals surface area contributed by atoms with Gasteiger partial charge in [0.25, 0.3) is 0 Å². The Morgan fingerprint density at radius 2 is 2.00 bits per heavy atom. The molecule has 0 bridgehead atoms. The number of aromatic nitrogens is 2. The molecule has 1 aliphatic carbocycles. The van der Waals surface area contributed by atoms with E-state index in [1.54, 1.807) is 0 Å². The Bertz CT molecular complexity index is 248. The number of hydrogen-bond acceptors (Lipinski definition) is 2. The molecule has 1 aliphatic rings. The molecule has 3 nitrogen and oxygen atoms in total. The monoisotopic (exact) mass is 207 g/mol. The highest BCUT2D eigenvalue weighted by Gasteiger charge is 2.10. The summed E-state index contributed by atoms with van der Waals surface area (Å²) in [6.45, 7) is 2.11. The molecule has 2 rings (SSSR count). The van der Waals surface area contributed by atoms with E-state index in [0.717, 1.165) is 19.1 Å². The van der Waals surface area contributed by atoms with Crippen LogP contribution in [0.2, 0.25) is 0 Å². The van der Waals surface area contributed by atoms with E-state index in [4.69, 9.17) is 0 Å². The molecule has 0 spiro atoms. The molecule has 0 radical (unpaired) electrons. The maximum absolute atomic E-state index is 4.04. The van der Waals surface area contributed by atoms with Crippen LogP contribution in [-0.2, 0) is 6.54 Å². The van der Waals surface area contributed by atoms with Crippen LogP contribution in [-0.4, -0.2) is 22.1 Å². The molecule has 0 aromatic carbocycles. The lowest BCUT2D eigenvalue weighted by molar-refractivity contribution is 0.445. The molecule has 1 N–H and O–H groups in total. The van der Waals surface area contributed by atoms with Crippen LogP contribution >= 0.6 is 0 Å². The van der Waals surface area contributed by atoms with Gasteiger partial charge in [-0.3, -0.25) is 0 Å². The SMILES string of the molecule is c1cn(CCNC2CCCCCC2)cn1. The van der Waals surface area contributed by atoms with Crippen LogP contribution in [0.5, 0.6) is 0 Å². The number of nitrogens with one attached hydrogen (secondary N) is 1. The van der Waals surface area contributed by atoms with Crippen molar-refractivity contribution in [3.63, 3.8) is 0 Å². The normalized spacial score (nSPS) is 18.9. The summed E-state index contributed by atoms with van der Waals surface area (Å²) in [7, 11) is 0. The summed E-state index contributed by atoms with van der Waals surface area (Å²) < 4.78 is 2.13. The van der Waals surface area contributed by atoms with Gasteiger partial charge in [0.05, 0.1) is 6.33 Å². The van der Waals surface area contributed by atoms with E-state index in [-0.39, 0.29) is 0 Å². The third-order valence-electron chi connectivity index (χ3n) is 3.22. The minimum atomic E-state index is 0.760. The number of hydrogen-bond donors (Lipinski definition) is 1. The molecule has 0 aliphatic heterocycles. The van der Waals surface area contributed by atoms with Crippen molar-refractivity contribution in [3.8, 4) is 0 Å². The van der Waals surface area contributed by atoms with E-state index in [0.29, 0.717) is 0 Å². The number of rotatable bonds is 4. The van der Waals surface area contributed by atoms with Crippen LogP contribution in [0.4, 0.5) is 0 Å². The summed E-state index contributed by atoms with van der Waals surface area (Å²) in [6, 6.07) is 0.760. The molecule has 1 aromatic heterocycles. The van der Waals surface area contributed by atoms with Gasteiger partial charge < -0.3 is 9.88 Å². The second-order valence-electron chi connectivity index (χ2n) is 4.44. The van der Waals surface area contributed by atoms with Gasteiger partial charge in [-0.1, -0.05) is 25.7 Å². The van der Waals surface area contributed by atoms with Crippen molar-refractivity contribution in [2.45, 2.75) is 51.1 Å². The van der Waals surface area contributed by atoms with E-state index in [1.165, 1.54) is 38.5 Å². The lowest BCUT2D eigenvalue weighted by atomic mass is 10.1. The zero-order valence-electron chi connectivity index (χ0n) is 9.36. The molecule has 0 atom stereocenters. The average molecular weight is 207 g/mol. The van der Waals surface area contributed by atoms with Gasteiger partial charge in [0.1, 0.15) is 0 Å². The van der Waals surface area contributed by atoms with E-state index in [1.807, 2.05) is 18.7 Å². The van der Waals surface area contributed by atoms with Crippen LogP contribution in [0.1, 0.15) is 38.5 Å². The van der Waals surface area contributed by atoms with Crippen molar-refractivity contribution in [3.05, 3.63) is 18.7 Å². The fourth-order valence-corrected chi connectivity index (χ4v) is 2.30. The Labute approximate surface area is 91.9 Å². The molecule has 1 aromatic rings. The molecule has 0 unspecified atom stereocenters. The Hall–Kier alpha value is -0.830. The Balaban J connectivity index is 1.64. The average Bonchev–Trinajstić information content (AvgIpc) is 2.62. The van der Waals surface area contributed by atoms with E-state index in [9.17, 15) is 0 Å². The second kappa shape index (κ2) is 5.91. The highest BCUT2D eigenvalue weighted by atomic mass is 15.0. The molecular weight excluding hydrogens is 186 g/mol. The topological polar surface area (TPSA) is 29.9 Å². The summed E-state index contributed by atoms with van der Waals surface area (Å²) in [5, 5.41) is 3.65. The van der Waals surface area contributed by atoms with Crippen molar-refractivity contribution in [2.75, 3.05) is 6.54 Å². The summed E-state index contributed by atoms with van der Waals surface area (Å²) in [5.74, 6) is 0. The van der Waals surface area contributed by atoms with Crippen LogP contribution in [0, 0.1) is 0 Å². The van der Waals surface area contributed by atoms with Crippen LogP contribution in [0.15, 0.2) is 18.7 Å². The van der Waals surface area contributed by atoms with Crippen molar-refractivity contribution in [1.29, 1.82) is 0 Å². The largest absolute Gasteiger partial charge is 0.336 e. The van der Waals surface area contributed by atoms with E-state index < -0.39 is 0 Å². The van der Waals surface area contributed by atoms with Gasteiger partial charge in [-0.15, -0.1) is 0 Å². The molecule has 3 heteroatoms. The summed E-state index contributed by atoms with van der Waals surface area (Å²) in [6.07, 6.45) is 14.1. The highest BCUT2D eigenvalue weighted by molar-refractivity contribution is 4.75. The van der Waals surface area contributed by atoms with E-state index >= 15 is 0 Å². The molecule has 0 saturated heterocycles. The Morgan fingerprint density at radius 1 is 1.20 bits per heavy atom. The molecule has 84 valence electrons. The smallest absolute Gasteiger partial charge is 0.0946 e. The molecular formula is C12H21N3. The summed E-state index contributed by atoms with van der Waals surface area (Å²) >= 11 is 0. The Kier molecular flexibility index (Phi) is 4.21. The first-order valence-electron chi connectivity index (χ1n) is 6.14. The minimum absolute atomic E-state index is 0.760. The fourth-order valence-electron chi connectivity index (χ4n) is 2.30. The summed E-state index contributed by atoms with van der Waals surface area (Å²) in [5.41, 5.74) is 0. The van der Waals surface area contributed by atoms with Crippen molar-refractivity contribution in [1.82, 2.24) is 14.9 Å². The third-order valence-corrected chi connectivity index (χ3v) is 3.22. The Morgan fingerprint density at radius 3 is 2.67 bits per heavy atom. The molecule has 0 amide bonds. The summed E-state index contributed by atoms with van der Waals surface area (Å²) in [4.78, 5) is 4.04. The predicted octanol–water partition coefficient (Wildman–Crippen LogP) is 2.20. The fraction of sp³-hybridized carbons (Fsp3) is 0.750. The maximum atomic E-state index is 4.04. The molecule has 1 fully saturated rings. The van der Waals surface area contributed by atoms with Crippen molar-refractivity contribution in [2.24, 2.45) is 0 Å². The van der Waals surface area contributed by atoms with Gasteiger partial charge in [-0.2, -0.15) is 0 Å². The van der Waals surface area contributed by atoms with Gasteiger partial charge in [0, 0.05) is 31.5 Å². The van der Waals surface area contributed by atoms with Gasteiger partial charge in [-0.05, 0) is 12.8 Å². The van der Waals surface area contributed by atoms with E-state index in [2.05, 4.69) is 14.9 Å². The lowest BCUT2D eigenvalue weighted by Gasteiger charge is -2.16. The quantitative estimate of drug-likeness (QED) is 0.767. The third kappa shape index (κ3) is 3.67. The minimum Gasteiger partial charge on any atom is -0.336 e. The molecule has 1 heterocycles.